The molecule has 1 aliphatic heterocycles. The molecule has 3 amide bonds. The van der Waals surface area contributed by atoms with Crippen molar-refractivity contribution in [2.45, 2.75) is 13.0 Å². The molecule has 0 aliphatic carbocycles. The van der Waals surface area contributed by atoms with Gasteiger partial charge in [0.05, 0.1) is 35.4 Å². The van der Waals surface area contributed by atoms with E-state index in [1.54, 1.807) is 58.8 Å². The Morgan fingerprint density at radius 3 is 2.80 bits per heavy atom. The maximum absolute atomic E-state index is 12.8. The fourth-order valence-electron chi connectivity index (χ4n) is 3.99. The maximum Gasteiger partial charge on any atom is 0.322 e. The van der Waals surface area contributed by atoms with Crippen molar-refractivity contribution >= 4 is 51.5 Å². The first-order valence-corrected chi connectivity index (χ1v) is 12.0. The van der Waals surface area contributed by atoms with Crippen LogP contribution >= 0.6 is 22.9 Å². The van der Waals surface area contributed by atoms with E-state index in [-0.39, 0.29) is 11.6 Å². The van der Waals surface area contributed by atoms with Gasteiger partial charge in [0.1, 0.15) is 17.2 Å². The number of hydrogen-bond donors (Lipinski definition) is 2. The number of pyridine rings is 1. The van der Waals surface area contributed by atoms with E-state index in [1.165, 1.54) is 17.6 Å². The third kappa shape index (κ3) is 4.60. The summed E-state index contributed by atoms with van der Waals surface area (Å²) in [5, 5.41) is 5.87. The molecule has 10 heteroatoms. The van der Waals surface area contributed by atoms with Crippen molar-refractivity contribution in [3.8, 4) is 17.2 Å². The predicted octanol–water partition coefficient (Wildman–Crippen LogP) is 5.44. The number of anilines is 1. The van der Waals surface area contributed by atoms with Crippen LogP contribution in [0.1, 0.15) is 20.8 Å². The van der Waals surface area contributed by atoms with Gasteiger partial charge < -0.3 is 25.4 Å². The normalized spacial score (nSPS) is 12.8. The zero-order valence-corrected chi connectivity index (χ0v) is 20.3. The highest BCUT2D eigenvalue weighted by Gasteiger charge is 2.22. The Kier molecular flexibility index (Phi) is 6.19. The van der Waals surface area contributed by atoms with Crippen LogP contribution < -0.4 is 20.5 Å². The number of methoxy groups -OCH3 is 1. The number of benzene rings is 2. The smallest absolute Gasteiger partial charge is 0.322 e. The van der Waals surface area contributed by atoms with Crippen molar-refractivity contribution in [2.75, 3.05) is 19.0 Å². The van der Waals surface area contributed by atoms with Crippen molar-refractivity contribution < 1.29 is 19.1 Å². The van der Waals surface area contributed by atoms with Crippen LogP contribution in [0.3, 0.4) is 0 Å². The fourth-order valence-corrected chi connectivity index (χ4v) is 5.16. The minimum atomic E-state index is -0.620. The van der Waals surface area contributed by atoms with E-state index >= 15 is 0 Å². The summed E-state index contributed by atoms with van der Waals surface area (Å²) in [5.41, 5.74) is 8.10. The highest BCUT2D eigenvalue weighted by atomic mass is 35.5. The van der Waals surface area contributed by atoms with E-state index in [0.717, 1.165) is 6.42 Å². The van der Waals surface area contributed by atoms with Crippen LogP contribution in [0.4, 0.5) is 10.5 Å². The summed E-state index contributed by atoms with van der Waals surface area (Å²) in [4.78, 5) is 31.9. The number of urea groups is 1. The molecule has 4 aromatic rings. The second-order valence-corrected chi connectivity index (χ2v) is 9.37. The summed E-state index contributed by atoms with van der Waals surface area (Å²) in [7, 11) is 1.46. The molecule has 3 N–H and O–H groups in total. The Balaban J connectivity index is 1.35. The molecule has 0 unspecified atom stereocenters. The van der Waals surface area contributed by atoms with E-state index in [1.807, 2.05) is 0 Å². The zero-order chi connectivity index (χ0) is 24.5. The quantitative estimate of drug-likeness (QED) is 0.373. The summed E-state index contributed by atoms with van der Waals surface area (Å²) in [6.07, 6.45) is 2.44. The van der Waals surface area contributed by atoms with E-state index < -0.39 is 5.91 Å². The Morgan fingerprint density at radius 2 is 2.03 bits per heavy atom. The Labute approximate surface area is 210 Å². The monoisotopic (exact) mass is 508 g/mol. The molecule has 1 aliphatic rings. The molecule has 0 atom stereocenters. The number of rotatable bonds is 5. The van der Waals surface area contributed by atoms with Crippen molar-refractivity contribution in [3.05, 3.63) is 75.1 Å². The number of carbonyl (C=O) groups is 2. The SMILES string of the molecule is COc1cc2nccc(Oc3ccc(NC(=O)N4CCc5ccsc5C4)c(Cl)c3)c2cc1C(N)=O. The van der Waals surface area contributed by atoms with Crippen LogP contribution in [0.15, 0.2) is 54.0 Å². The number of hydrogen-bond acceptors (Lipinski definition) is 6. The summed E-state index contributed by atoms with van der Waals surface area (Å²) in [6, 6.07) is 11.8. The van der Waals surface area contributed by atoms with Crippen LogP contribution in [-0.4, -0.2) is 35.5 Å². The molecule has 2 aromatic heterocycles. The molecular weight excluding hydrogens is 488 g/mol. The number of nitrogens with zero attached hydrogens (tertiary/aromatic N) is 2. The summed E-state index contributed by atoms with van der Waals surface area (Å²) in [5.74, 6) is 0.638. The topological polar surface area (TPSA) is 107 Å². The van der Waals surface area contributed by atoms with Crippen LogP contribution in [0, 0.1) is 0 Å². The van der Waals surface area contributed by atoms with Gasteiger partial charge in [0.2, 0.25) is 0 Å². The first-order valence-electron chi connectivity index (χ1n) is 10.8. The number of carbonyl (C=O) groups excluding carboxylic acids is 2. The number of halogens is 1. The van der Waals surface area contributed by atoms with Gasteiger partial charge in [-0.2, -0.15) is 0 Å². The number of fused-ring (bicyclic) bond motifs is 2. The van der Waals surface area contributed by atoms with E-state index in [4.69, 9.17) is 26.8 Å². The van der Waals surface area contributed by atoms with Crippen LogP contribution in [0.25, 0.3) is 10.9 Å². The molecule has 0 saturated heterocycles. The molecule has 0 fully saturated rings. The largest absolute Gasteiger partial charge is 0.496 e. The standard InChI is InChI=1S/C25H21ClN4O4S/c1-33-22-12-20-16(11-17(22)24(27)31)21(4-7-28-20)34-15-2-3-19(18(26)10-15)29-25(32)30-8-5-14-6-9-35-23(14)13-30/h2-4,6-7,9-12H,5,8,13H2,1H3,(H2,27,31)(H,29,32). The van der Waals surface area contributed by atoms with Gasteiger partial charge in [0.15, 0.2) is 0 Å². The summed E-state index contributed by atoms with van der Waals surface area (Å²) < 4.78 is 11.3. The molecule has 3 heterocycles. The van der Waals surface area contributed by atoms with Crippen LogP contribution in [-0.2, 0) is 13.0 Å². The van der Waals surface area contributed by atoms with E-state index in [0.29, 0.717) is 52.0 Å². The van der Waals surface area contributed by atoms with Gasteiger partial charge in [-0.3, -0.25) is 9.78 Å². The van der Waals surface area contributed by atoms with E-state index in [2.05, 4.69) is 21.7 Å². The van der Waals surface area contributed by atoms with Crippen molar-refractivity contribution in [1.29, 1.82) is 0 Å². The molecule has 0 spiro atoms. The molecule has 2 aromatic carbocycles. The van der Waals surface area contributed by atoms with Crippen molar-refractivity contribution in [1.82, 2.24) is 9.88 Å². The van der Waals surface area contributed by atoms with Gasteiger partial charge in [-0.1, -0.05) is 11.6 Å². The molecule has 0 radical (unpaired) electrons. The van der Waals surface area contributed by atoms with Crippen molar-refractivity contribution in [3.63, 3.8) is 0 Å². The number of thiophene rings is 1. The lowest BCUT2D eigenvalue weighted by Crippen LogP contribution is -2.38. The lowest BCUT2D eigenvalue weighted by Gasteiger charge is -2.27. The summed E-state index contributed by atoms with van der Waals surface area (Å²) >= 11 is 8.13. The fraction of sp³-hybridized carbons (Fsp3) is 0.160. The van der Waals surface area contributed by atoms with Gasteiger partial charge in [-0.05, 0) is 47.7 Å². The van der Waals surface area contributed by atoms with Gasteiger partial charge in [-0.15, -0.1) is 11.3 Å². The molecule has 5 rings (SSSR count). The Hall–Kier alpha value is -3.82. The molecule has 8 nitrogen and oxygen atoms in total. The minimum Gasteiger partial charge on any atom is -0.496 e. The third-order valence-electron chi connectivity index (χ3n) is 5.81. The lowest BCUT2D eigenvalue weighted by atomic mass is 10.1. The average Bonchev–Trinajstić information content (AvgIpc) is 3.33. The number of nitrogens with one attached hydrogen (secondary N) is 1. The van der Waals surface area contributed by atoms with Crippen LogP contribution in [0.5, 0.6) is 17.2 Å². The molecule has 178 valence electrons. The highest BCUT2D eigenvalue weighted by molar-refractivity contribution is 7.10. The van der Waals surface area contributed by atoms with E-state index in [9.17, 15) is 9.59 Å². The van der Waals surface area contributed by atoms with Crippen molar-refractivity contribution in [2.24, 2.45) is 5.73 Å². The van der Waals surface area contributed by atoms with Crippen LogP contribution in [0.2, 0.25) is 5.02 Å². The Morgan fingerprint density at radius 1 is 1.17 bits per heavy atom. The second-order valence-electron chi connectivity index (χ2n) is 7.96. The average molecular weight is 509 g/mol. The number of nitrogens with two attached hydrogens (primary N) is 1. The molecule has 0 bridgehead atoms. The van der Waals surface area contributed by atoms with Gasteiger partial charge in [0.25, 0.3) is 5.91 Å². The summed E-state index contributed by atoms with van der Waals surface area (Å²) in [6.45, 7) is 1.24. The predicted molar refractivity (Wildman–Crippen MR) is 136 cm³/mol. The number of ether oxygens (including phenoxy) is 2. The van der Waals surface area contributed by atoms with Gasteiger partial charge in [-0.25, -0.2) is 4.79 Å². The first-order chi connectivity index (χ1) is 16.9. The maximum atomic E-state index is 12.8. The highest BCUT2D eigenvalue weighted by Crippen LogP contribution is 2.35. The first kappa shape index (κ1) is 22.9. The number of aromatic nitrogens is 1. The van der Waals surface area contributed by atoms with Gasteiger partial charge in [0, 0.05) is 35.1 Å². The van der Waals surface area contributed by atoms with Gasteiger partial charge >= 0.3 is 6.03 Å². The second kappa shape index (κ2) is 9.44. The number of amides is 3. The lowest BCUT2D eigenvalue weighted by molar-refractivity contribution is 0.0997. The number of primary amides is 1. The third-order valence-corrected chi connectivity index (χ3v) is 7.07. The molecule has 35 heavy (non-hydrogen) atoms. The Bertz CT molecular complexity index is 1450. The minimum absolute atomic E-state index is 0.201. The molecular formula is C25H21ClN4O4S. The zero-order valence-electron chi connectivity index (χ0n) is 18.7. The molecule has 0 saturated carbocycles.